The molecule has 1 unspecified atom stereocenters. The summed E-state index contributed by atoms with van der Waals surface area (Å²) < 4.78 is 11.1. The molecule has 1 aromatic heterocycles. The highest BCUT2D eigenvalue weighted by Crippen LogP contribution is 2.25. The zero-order chi connectivity index (χ0) is 18.1. The van der Waals surface area contributed by atoms with Crippen LogP contribution in [-0.4, -0.2) is 50.0 Å². The van der Waals surface area contributed by atoms with Gasteiger partial charge in [-0.3, -0.25) is 0 Å². The number of aromatic nitrogens is 1. The van der Waals surface area contributed by atoms with Gasteiger partial charge in [-0.2, -0.15) is 0 Å². The number of rotatable bonds is 8. The van der Waals surface area contributed by atoms with Gasteiger partial charge in [-0.25, -0.2) is 9.98 Å². The lowest BCUT2D eigenvalue weighted by Crippen LogP contribution is -2.38. The molecule has 1 atom stereocenters. The number of thiazole rings is 1. The summed E-state index contributed by atoms with van der Waals surface area (Å²) in [6.45, 7) is 13.2. The quantitative estimate of drug-likeness (QED) is 0.419. The Kier molecular flexibility index (Phi) is 8.12. The highest BCUT2D eigenvalue weighted by Gasteiger charge is 2.18. The molecule has 0 bridgehead atoms. The summed E-state index contributed by atoms with van der Waals surface area (Å²) in [5.41, 5.74) is 1.12. The van der Waals surface area contributed by atoms with E-state index in [9.17, 15) is 0 Å². The van der Waals surface area contributed by atoms with Gasteiger partial charge in [0.05, 0.1) is 30.0 Å². The molecule has 0 amide bonds. The predicted molar refractivity (Wildman–Crippen MR) is 103 cm³/mol. The monoisotopic (exact) mass is 368 g/mol. The van der Waals surface area contributed by atoms with E-state index in [0.717, 1.165) is 62.4 Å². The van der Waals surface area contributed by atoms with Gasteiger partial charge in [0, 0.05) is 37.1 Å². The number of ether oxygens (including phenoxy) is 2. The summed E-state index contributed by atoms with van der Waals surface area (Å²) in [7, 11) is 0. The highest BCUT2D eigenvalue weighted by molar-refractivity contribution is 7.09. The van der Waals surface area contributed by atoms with Gasteiger partial charge in [0.1, 0.15) is 0 Å². The maximum absolute atomic E-state index is 5.77. The van der Waals surface area contributed by atoms with Crippen molar-refractivity contribution in [1.82, 2.24) is 15.6 Å². The third-order valence-corrected chi connectivity index (χ3v) is 5.11. The van der Waals surface area contributed by atoms with Crippen molar-refractivity contribution in [3.8, 4) is 0 Å². The van der Waals surface area contributed by atoms with Gasteiger partial charge < -0.3 is 20.1 Å². The van der Waals surface area contributed by atoms with Crippen LogP contribution in [0.15, 0.2) is 10.4 Å². The fourth-order valence-electron chi connectivity index (χ4n) is 2.40. The van der Waals surface area contributed by atoms with Gasteiger partial charge in [-0.05, 0) is 19.8 Å². The smallest absolute Gasteiger partial charge is 0.191 e. The van der Waals surface area contributed by atoms with Crippen LogP contribution in [0.3, 0.4) is 0 Å². The molecule has 1 aliphatic heterocycles. The summed E-state index contributed by atoms with van der Waals surface area (Å²) in [5, 5.41) is 9.89. The van der Waals surface area contributed by atoms with Crippen molar-refractivity contribution in [2.45, 2.75) is 58.6 Å². The van der Waals surface area contributed by atoms with Gasteiger partial charge in [0.15, 0.2) is 5.96 Å². The molecule has 0 radical (unpaired) electrons. The van der Waals surface area contributed by atoms with Crippen LogP contribution in [0.1, 0.15) is 51.2 Å². The van der Waals surface area contributed by atoms with Crippen LogP contribution in [0.2, 0.25) is 0 Å². The third-order valence-electron chi connectivity index (χ3n) is 3.79. The van der Waals surface area contributed by atoms with Crippen molar-refractivity contribution in [3.05, 3.63) is 16.1 Å². The number of nitrogens with zero attached hydrogens (tertiary/aromatic N) is 2. The van der Waals surface area contributed by atoms with Gasteiger partial charge >= 0.3 is 0 Å². The standard InChI is InChI=1S/C18H32N4O2S/c1-5-19-17(20-8-6-9-24-15-7-10-23-12-15)21-11-14-13-25-16(22-14)18(2,3)4/h13,15H,5-12H2,1-4H3,(H2,19,20,21). The molecule has 1 aromatic rings. The molecule has 25 heavy (non-hydrogen) atoms. The molecule has 1 aliphatic rings. The van der Waals surface area contributed by atoms with E-state index in [0.29, 0.717) is 6.54 Å². The van der Waals surface area contributed by atoms with Crippen molar-refractivity contribution in [1.29, 1.82) is 0 Å². The summed E-state index contributed by atoms with van der Waals surface area (Å²) in [5.74, 6) is 0.831. The van der Waals surface area contributed by atoms with Gasteiger partial charge in [0.25, 0.3) is 0 Å². The largest absolute Gasteiger partial charge is 0.379 e. The fourth-order valence-corrected chi connectivity index (χ4v) is 3.30. The number of hydrogen-bond donors (Lipinski definition) is 2. The number of aliphatic imine (C=N–C) groups is 1. The maximum atomic E-state index is 5.77. The summed E-state index contributed by atoms with van der Waals surface area (Å²) in [6.07, 6.45) is 2.25. The second kappa shape index (κ2) is 10.1. The second-order valence-corrected chi connectivity index (χ2v) is 8.08. The van der Waals surface area contributed by atoms with Crippen LogP contribution in [-0.2, 0) is 21.4 Å². The Labute approximate surface area is 155 Å². The van der Waals surface area contributed by atoms with Gasteiger partial charge in [0.2, 0.25) is 0 Å². The second-order valence-electron chi connectivity index (χ2n) is 7.23. The molecule has 2 heterocycles. The van der Waals surface area contributed by atoms with Gasteiger partial charge in [-0.15, -0.1) is 11.3 Å². The number of hydrogen-bond acceptors (Lipinski definition) is 5. The number of guanidine groups is 1. The van der Waals surface area contributed by atoms with E-state index in [-0.39, 0.29) is 11.5 Å². The molecule has 0 aromatic carbocycles. The zero-order valence-electron chi connectivity index (χ0n) is 15.9. The van der Waals surface area contributed by atoms with Crippen LogP contribution in [0.5, 0.6) is 0 Å². The highest BCUT2D eigenvalue weighted by atomic mass is 32.1. The first-order chi connectivity index (χ1) is 12.0. The molecular formula is C18H32N4O2S. The van der Waals surface area contributed by atoms with E-state index in [1.807, 2.05) is 0 Å². The minimum Gasteiger partial charge on any atom is -0.379 e. The minimum absolute atomic E-state index is 0.0970. The van der Waals surface area contributed by atoms with Crippen LogP contribution >= 0.6 is 11.3 Å². The molecular weight excluding hydrogens is 336 g/mol. The van der Waals surface area contributed by atoms with E-state index in [4.69, 9.17) is 14.5 Å². The lowest BCUT2D eigenvalue weighted by Gasteiger charge is -2.13. The third kappa shape index (κ3) is 7.30. The Hall–Kier alpha value is -1.18. The zero-order valence-corrected chi connectivity index (χ0v) is 16.7. The van der Waals surface area contributed by atoms with Crippen molar-refractivity contribution >= 4 is 17.3 Å². The van der Waals surface area contributed by atoms with E-state index < -0.39 is 0 Å². The van der Waals surface area contributed by atoms with E-state index in [1.165, 1.54) is 0 Å². The normalized spacial score (nSPS) is 18.6. The fraction of sp³-hybridized carbons (Fsp3) is 0.778. The summed E-state index contributed by atoms with van der Waals surface area (Å²) >= 11 is 1.71. The minimum atomic E-state index is 0.0970. The molecule has 1 fully saturated rings. The topological polar surface area (TPSA) is 67.8 Å². The van der Waals surface area contributed by atoms with Crippen LogP contribution in [0, 0.1) is 0 Å². The molecule has 142 valence electrons. The lowest BCUT2D eigenvalue weighted by atomic mass is 9.98. The van der Waals surface area contributed by atoms with Gasteiger partial charge in [-0.1, -0.05) is 20.8 Å². The Bertz CT molecular complexity index is 533. The first-order valence-electron chi connectivity index (χ1n) is 9.15. The lowest BCUT2D eigenvalue weighted by molar-refractivity contribution is 0.0420. The van der Waals surface area contributed by atoms with Crippen molar-refractivity contribution in [2.24, 2.45) is 4.99 Å². The van der Waals surface area contributed by atoms with E-state index in [1.54, 1.807) is 11.3 Å². The first-order valence-corrected chi connectivity index (χ1v) is 10.0. The average Bonchev–Trinajstić information content (AvgIpc) is 3.23. The van der Waals surface area contributed by atoms with Crippen molar-refractivity contribution < 1.29 is 9.47 Å². The molecule has 7 heteroatoms. The molecule has 1 saturated heterocycles. The first kappa shape index (κ1) is 20.1. The van der Waals surface area contributed by atoms with Crippen molar-refractivity contribution in [3.63, 3.8) is 0 Å². The SMILES string of the molecule is CCNC(=NCc1csc(C(C)(C)C)n1)NCCCOC1CCOC1. The molecule has 0 spiro atoms. The molecule has 0 aliphatic carbocycles. The van der Waals surface area contributed by atoms with Crippen LogP contribution in [0.4, 0.5) is 0 Å². The van der Waals surface area contributed by atoms with Crippen LogP contribution in [0.25, 0.3) is 0 Å². The summed E-state index contributed by atoms with van der Waals surface area (Å²) in [6, 6.07) is 0. The Morgan fingerprint density at radius 3 is 2.92 bits per heavy atom. The Morgan fingerprint density at radius 2 is 2.28 bits per heavy atom. The van der Waals surface area contributed by atoms with E-state index >= 15 is 0 Å². The van der Waals surface area contributed by atoms with E-state index in [2.05, 4.69) is 48.7 Å². The van der Waals surface area contributed by atoms with Crippen molar-refractivity contribution in [2.75, 3.05) is 32.9 Å². The van der Waals surface area contributed by atoms with Crippen LogP contribution < -0.4 is 10.6 Å². The Balaban J connectivity index is 1.72. The predicted octanol–water partition coefficient (Wildman–Crippen LogP) is 2.69. The molecule has 2 rings (SSSR count). The Morgan fingerprint density at radius 1 is 1.44 bits per heavy atom. The molecule has 0 saturated carbocycles. The summed E-state index contributed by atoms with van der Waals surface area (Å²) in [4.78, 5) is 9.32. The molecule has 6 nitrogen and oxygen atoms in total. The average molecular weight is 369 g/mol. The maximum Gasteiger partial charge on any atom is 0.191 e. The number of nitrogens with one attached hydrogen (secondary N) is 2. The molecule has 2 N–H and O–H groups in total.